The molecule has 1 atom stereocenters. The Bertz CT molecular complexity index is 158. The van der Waals surface area contributed by atoms with E-state index < -0.39 is 0 Å². The van der Waals surface area contributed by atoms with Gasteiger partial charge in [0, 0.05) is 5.88 Å². The van der Waals surface area contributed by atoms with Crippen LogP contribution < -0.4 is 5.32 Å². The van der Waals surface area contributed by atoms with E-state index in [1.54, 1.807) is 0 Å². The van der Waals surface area contributed by atoms with Crippen LogP contribution in [-0.2, 0) is 0 Å². The summed E-state index contributed by atoms with van der Waals surface area (Å²) in [5, 5.41) is 3.67. The van der Waals surface area contributed by atoms with E-state index in [4.69, 9.17) is 11.6 Å². The average Bonchev–Trinajstić information content (AvgIpc) is 2.34. The van der Waals surface area contributed by atoms with Crippen molar-refractivity contribution >= 4 is 11.6 Å². The molecule has 1 unspecified atom stereocenters. The topological polar surface area (TPSA) is 15.3 Å². The van der Waals surface area contributed by atoms with Crippen LogP contribution in [0.3, 0.4) is 0 Å². The zero-order valence-electron chi connectivity index (χ0n) is 10.7. The van der Waals surface area contributed by atoms with Gasteiger partial charge in [0.1, 0.15) is 0 Å². The van der Waals surface area contributed by atoms with Crippen LogP contribution in [0, 0.1) is 0 Å². The number of nitrogens with one attached hydrogen (secondary N) is 1. The van der Waals surface area contributed by atoms with Crippen molar-refractivity contribution in [2.24, 2.45) is 0 Å². The fourth-order valence-corrected chi connectivity index (χ4v) is 2.60. The van der Waals surface area contributed by atoms with Crippen molar-refractivity contribution in [3.05, 3.63) is 0 Å². The summed E-state index contributed by atoms with van der Waals surface area (Å²) in [5.74, 6) is 0.766. The first-order chi connectivity index (χ1) is 7.88. The van der Waals surface area contributed by atoms with Crippen LogP contribution in [0.4, 0.5) is 0 Å². The lowest BCUT2D eigenvalue weighted by molar-refractivity contribution is 0.133. The molecule has 1 aliphatic rings. The highest BCUT2D eigenvalue weighted by Gasteiger charge is 2.18. The SMILES string of the molecule is CCCCCNC(CCCl)N1CCCCC1. The fourth-order valence-electron chi connectivity index (χ4n) is 2.39. The zero-order chi connectivity index (χ0) is 11.6. The molecule has 0 amide bonds. The van der Waals surface area contributed by atoms with Crippen LogP contribution in [0.2, 0.25) is 0 Å². The van der Waals surface area contributed by atoms with Crippen molar-refractivity contribution in [1.29, 1.82) is 0 Å². The lowest BCUT2D eigenvalue weighted by Crippen LogP contribution is -2.48. The maximum atomic E-state index is 5.89. The van der Waals surface area contributed by atoms with Gasteiger partial charge in [0.15, 0.2) is 0 Å². The Balaban J connectivity index is 2.22. The van der Waals surface area contributed by atoms with Gasteiger partial charge < -0.3 is 5.32 Å². The molecule has 0 aromatic carbocycles. The Kier molecular flexibility index (Phi) is 8.26. The molecule has 1 saturated heterocycles. The third-order valence-electron chi connectivity index (χ3n) is 3.37. The van der Waals surface area contributed by atoms with Crippen LogP contribution in [0.25, 0.3) is 0 Å². The summed E-state index contributed by atoms with van der Waals surface area (Å²) >= 11 is 5.89. The second kappa shape index (κ2) is 9.26. The smallest absolute Gasteiger partial charge is 0.0608 e. The van der Waals surface area contributed by atoms with E-state index in [1.165, 1.54) is 51.6 Å². The predicted molar refractivity (Wildman–Crippen MR) is 72.1 cm³/mol. The molecule has 0 bridgehead atoms. The summed E-state index contributed by atoms with van der Waals surface area (Å²) in [6.07, 6.45) is 9.64. The number of alkyl halides is 1. The molecule has 1 rings (SSSR count). The molecule has 96 valence electrons. The summed E-state index contributed by atoms with van der Waals surface area (Å²) < 4.78 is 0. The highest BCUT2D eigenvalue weighted by molar-refractivity contribution is 6.17. The number of rotatable bonds is 8. The summed E-state index contributed by atoms with van der Waals surface area (Å²) in [6, 6.07) is 0. The van der Waals surface area contributed by atoms with Crippen LogP contribution in [0.5, 0.6) is 0 Å². The largest absolute Gasteiger partial charge is 0.302 e. The summed E-state index contributed by atoms with van der Waals surface area (Å²) in [6.45, 7) is 5.90. The van der Waals surface area contributed by atoms with Crippen LogP contribution in [0.15, 0.2) is 0 Å². The molecule has 1 heterocycles. The van der Waals surface area contributed by atoms with Gasteiger partial charge >= 0.3 is 0 Å². The quantitative estimate of drug-likeness (QED) is 0.523. The van der Waals surface area contributed by atoms with E-state index >= 15 is 0 Å². The Morgan fingerprint density at radius 2 is 1.94 bits per heavy atom. The summed E-state index contributed by atoms with van der Waals surface area (Å²) in [4.78, 5) is 2.58. The molecule has 0 aliphatic carbocycles. The molecular weight excluding hydrogens is 220 g/mol. The van der Waals surface area contributed by atoms with Gasteiger partial charge in [-0.05, 0) is 45.3 Å². The van der Waals surface area contributed by atoms with E-state index in [9.17, 15) is 0 Å². The molecule has 0 radical (unpaired) electrons. The van der Waals surface area contributed by atoms with Gasteiger partial charge in [-0.15, -0.1) is 11.6 Å². The van der Waals surface area contributed by atoms with E-state index in [0.29, 0.717) is 6.17 Å². The molecule has 1 aliphatic heterocycles. The van der Waals surface area contributed by atoms with Crippen molar-refractivity contribution < 1.29 is 0 Å². The zero-order valence-corrected chi connectivity index (χ0v) is 11.4. The van der Waals surface area contributed by atoms with Gasteiger partial charge in [-0.2, -0.15) is 0 Å². The van der Waals surface area contributed by atoms with Gasteiger partial charge in [0.2, 0.25) is 0 Å². The van der Waals surface area contributed by atoms with Gasteiger partial charge in [0.05, 0.1) is 6.17 Å². The van der Waals surface area contributed by atoms with Crippen molar-refractivity contribution in [3.63, 3.8) is 0 Å². The molecule has 3 heteroatoms. The molecule has 1 N–H and O–H groups in total. The minimum atomic E-state index is 0.523. The Morgan fingerprint density at radius 3 is 2.56 bits per heavy atom. The maximum Gasteiger partial charge on any atom is 0.0608 e. The minimum Gasteiger partial charge on any atom is -0.302 e. The highest BCUT2D eigenvalue weighted by atomic mass is 35.5. The van der Waals surface area contributed by atoms with Gasteiger partial charge in [-0.1, -0.05) is 26.2 Å². The van der Waals surface area contributed by atoms with Crippen molar-refractivity contribution in [2.75, 3.05) is 25.5 Å². The first-order valence-corrected chi connectivity index (χ1v) is 7.45. The van der Waals surface area contributed by atoms with E-state index in [1.807, 2.05) is 0 Å². The van der Waals surface area contributed by atoms with Gasteiger partial charge in [0.25, 0.3) is 0 Å². The number of nitrogens with zero attached hydrogens (tertiary/aromatic N) is 1. The molecule has 0 spiro atoms. The third kappa shape index (κ3) is 5.51. The Morgan fingerprint density at radius 1 is 1.19 bits per heavy atom. The standard InChI is InChI=1S/C13H27ClN2/c1-2-3-5-10-15-13(8-9-14)16-11-6-4-7-12-16/h13,15H,2-12H2,1H3. The third-order valence-corrected chi connectivity index (χ3v) is 3.59. The molecule has 0 aromatic heterocycles. The fraction of sp³-hybridized carbons (Fsp3) is 1.00. The lowest BCUT2D eigenvalue weighted by Gasteiger charge is -2.35. The van der Waals surface area contributed by atoms with Crippen molar-refractivity contribution in [3.8, 4) is 0 Å². The van der Waals surface area contributed by atoms with Crippen LogP contribution in [0.1, 0.15) is 51.9 Å². The summed E-state index contributed by atoms with van der Waals surface area (Å²) in [7, 11) is 0. The number of piperidine rings is 1. The molecule has 1 fully saturated rings. The number of hydrogen-bond acceptors (Lipinski definition) is 2. The Labute approximate surface area is 106 Å². The highest BCUT2D eigenvalue weighted by Crippen LogP contribution is 2.13. The number of hydrogen-bond donors (Lipinski definition) is 1. The first kappa shape index (κ1) is 14.3. The average molecular weight is 247 g/mol. The predicted octanol–water partition coefficient (Wildman–Crippen LogP) is 3.21. The minimum absolute atomic E-state index is 0.523. The second-order valence-corrected chi connectivity index (χ2v) is 5.13. The maximum absolute atomic E-state index is 5.89. The second-order valence-electron chi connectivity index (χ2n) is 4.75. The number of halogens is 1. The lowest BCUT2D eigenvalue weighted by atomic mass is 10.1. The van der Waals surface area contributed by atoms with Gasteiger partial charge in [-0.3, -0.25) is 4.90 Å². The monoisotopic (exact) mass is 246 g/mol. The first-order valence-electron chi connectivity index (χ1n) is 6.92. The van der Waals surface area contributed by atoms with Crippen molar-refractivity contribution in [2.45, 2.75) is 58.0 Å². The number of unbranched alkanes of at least 4 members (excludes halogenated alkanes) is 2. The molecular formula is C13H27ClN2. The van der Waals surface area contributed by atoms with E-state index in [0.717, 1.165) is 18.8 Å². The van der Waals surface area contributed by atoms with Gasteiger partial charge in [-0.25, -0.2) is 0 Å². The molecule has 16 heavy (non-hydrogen) atoms. The van der Waals surface area contributed by atoms with Crippen LogP contribution >= 0.6 is 11.6 Å². The normalized spacial score (nSPS) is 19.9. The van der Waals surface area contributed by atoms with E-state index in [2.05, 4.69) is 17.1 Å². The Hall–Kier alpha value is 0.210. The molecule has 2 nitrogen and oxygen atoms in total. The molecule has 0 saturated carbocycles. The molecule has 0 aromatic rings. The van der Waals surface area contributed by atoms with E-state index in [-0.39, 0.29) is 0 Å². The van der Waals surface area contributed by atoms with Crippen molar-refractivity contribution in [1.82, 2.24) is 10.2 Å². The number of likely N-dealkylation sites (tertiary alicyclic amines) is 1. The summed E-state index contributed by atoms with van der Waals surface area (Å²) in [5.41, 5.74) is 0. The van der Waals surface area contributed by atoms with Crippen LogP contribution in [-0.4, -0.2) is 36.6 Å².